The van der Waals surface area contributed by atoms with Gasteiger partial charge in [0.05, 0.1) is 35.7 Å². The van der Waals surface area contributed by atoms with E-state index in [9.17, 15) is 19.8 Å². The fraction of sp³-hybridized carbons (Fsp3) is 0.903. The quantitative estimate of drug-likeness (QED) is 0.206. The van der Waals surface area contributed by atoms with Crippen LogP contribution in [0.1, 0.15) is 81.6 Å². The summed E-state index contributed by atoms with van der Waals surface area (Å²) in [6, 6.07) is -0.394. The molecule has 0 aliphatic carbocycles. The lowest BCUT2D eigenvalue weighted by molar-refractivity contribution is -0.296. The zero-order valence-corrected chi connectivity index (χ0v) is 27.6. The number of nitrogens with zero attached hydrogens (tertiary/aromatic N) is 1. The van der Waals surface area contributed by atoms with Gasteiger partial charge in [-0.05, 0) is 87.4 Å². The second-order valence-corrected chi connectivity index (χ2v) is 13.6. The number of hydrogen-bond donors (Lipinski definition) is 4. The number of ketones is 1. The van der Waals surface area contributed by atoms with Crippen LogP contribution >= 0.6 is 0 Å². The minimum absolute atomic E-state index is 0.0321. The Labute approximate surface area is 252 Å². The fourth-order valence-corrected chi connectivity index (χ4v) is 6.11. The molecule has 0 aromatic heterocycles. The van der Waals surface area contributed by atoms with E-state index in [1.54, 1.807) is 27.7 Å². The Morgan fingerprint density at radius 2 is 1.86 bits per heavy atom. The molecular formula is C31H57N3O8. The molecule has 0 radical (unpaired) electrons. The molecule has 4 unspecified atom stereocenters. The van der Waals surface area contributed by atoms with Crippen LogP contribution in [-0.2, 0) is 28.5 Å². The number of Topliss-reactive ketones (excluding diaryl/α,β-unsaturated/α-hetero) is 1. The fourth-order valence-electron chi connectivity index (χ4n) is 6.11. The van der Waals surface area contributed by atoms with Crippen molar-refractivity contribution in [2.75, 3.05) is 27.2 Å². The first-order chi connectivity index (χ1) is 19.3. The Bertz CT molecular complexity index is 924. The van der Waals surface area contributed by atoms with Crippen LogP contribution in [0.3, 0.4) is 0 Å². The molecule has 2 aliphatic rings. The highest BCUT2D eigenvalue weighted by Gasteiger charge is 2.49. The minimum Gasteiger partial charge on any atom is -0.459 e. The highest BCUT2D eigenvalue weighted by molar-refractivity contribution is 6.00. The second-order valence-electron chi connectivity index (χ2n) is 13.6. The summed E-state index contributed by atoms with van der Waals surface area (Å²) in [5, 5.41) is 33.6. The molecule has 2 rings (SSSR count). The molecule has 11 heteroatoms. The van der Waals surface area contributed by atoms with E-state index in [1.807, 2.05) is 39.8 Å². The van der Waals surface area contributed by atoms with E-state index >= 15 is 0 Å². The number of carbonyl (C=O) groups excluding carboxylic acids is 2. The molecule has 11 atom stereocenters. The van der Waals surface area contributed by atoms with Crippen molar-refractivity contribution in [2.45, 2.75) is 136 Å². The van der Waals surface area contributed by atoms with Crippen molar-refractivity contribution in [3.05, 3.63) is 0 Å². The molecule has 0 saturated carbocycles. The highest BCUT2D eigenvalue weighted by Crippen LogP contribution is 2.37. The maximum Gasteiger partial charge on any atom is 0.316 e. The van der Waals surface area contributed by atoms with Gasteiger partial charge in [-0.15, -0.1) is 0 Å². The highest BCUT2D eigenvalue weighted by atomic mass is 16.7. The van der Waals surface area contributed by atoms with Gasteiger partial charge in [-0.3, -0.25) is 9.59 Å². The van der Waals surface area contributed by atoms with Crippen molar-refractivity contribution in [2.24, 2.45) is 17.8 Å². The molecule has 11 nitrogen and oxygen atoms in total. The van der Waals surface area contributed by atoms with Gasteiger partial charge in [0.2, 0.25) is 0 Å². The lowest BCUT2D eigenvalue weighted by Crippen LogP contribution is -2.59. The average Bonchev–Trinajstić information content (AvgIpc) is 2.95. The molecule has 2 heterocycles. The number of aliphatic hydroxyl groups excluding tert-OH is 1. The summed E-state index contributed by atoms with van der Waals surface area (Å²) in [6.07, 6.45) is -2.43. The molecule has 0 amide bonds. The molecular weight excluding hydrogens is 542 g/mol. The van der Waals surface area contributed by atoms with Crippen LogP contribution in [0.4, 0.5) is 0 Å². The third-order valence-corrected chi connectivity index (χ3v) is 8.87. The van der Waals surface area contributed by atoms with Gasteiger partial charge in [0, 0.05) is 18.0 Å². The van der Waals surface area contributed by atoms with Crippen LogP contribution in [-0.4, -0.2) is 114 Å². The molecule has 0 aromatic rings. The van der Waals surface area contributed by atoms with Crippen molar-refractivity contribution in [3.63, 3.8) is 0 Å². The van der Waals surface area contributed by atoms with E-state index in [2.05, 4.69) is 12.2 Å². The first-order valence-electron chi connectivity index (χ1n) is 15.4. The van der Waals surface area contributed by atoms with Gasteiger partial charge in [0.15, 0.2) is 12.1 Å². The Morgan fingerprint density at radius 3 is 2.40 bits per heavy atom. The molecule has 4 N–H and O–H groups in total. The SMILES string of the molecule is CC[C@@H](OC(=O)[C@H](C)C(=O)[C@H](C)[C@@H](OC1OC(C)CC(N(C)C)C1O)[C@@]1(C)C[C@@H](C)CN[C@H](C)C(=N)CO1)C(C)(C)O. The topological polar surface area (TPSA) is 151 Å². The largest absolute Gasteiger partial charge is 0.459 e. The lowest BCUT2D eigenvalue weighted by atomic mass is 9.78. The average molecular weight is 600 g/mol. The second kappa shape index (κ2) is 15.0. The summed E-state index contributed by atoms with van der Waals surface area (Å²) >= 11 is 0. The van der Waals surface area contributed by atoms with Gasteiger partial charge in [-0.25, -0.2) is 0 Å². The summed E-state index contributed by atoms with van der Waals surface area (Å²) in [5.41, 5.74) is -1.95. The summed E-state index contributed by atoms with van der Waals surface area (Å²) in [7, 11) is 3.78. The van der Waals surface area contributed by atoms with E-state index in [4.69, 9.17) is 24.4 Å². The van der Waals surface area contributed by atoms with Crippen molar-refractivity contribution in [3.8, 4) is 0 Å². The molecule has 42 heavy (non-hydrogen) atoms. The molecule has 2 saturated heterocycles. The number of carbonyl (C=O) groups is 2. The number of nitrogens with one attached hydrogen (secondary N) is 2. The van der Waals surface area contributed by atoms with Crippen LogP contribution in [0.25, 0.3) is 0 Å². The zero-order valence-electron chi connectivity index (χ0n) is 27.6. The van der Waals surface area contributed by atoms with Gasteiger partial charge in [0.25, 0.3) is 0 Å². The number of rotatable bonds is 11. The van der Waals surface area contributed by atoms with Crippen molar-refractivity contribution >= 4 is 17.5 Å². The van der Waals surface area contributed by atoms with E-state index < -0.39 is 59.4 Å². The van der Waals surface area contributed by atoms with Gasteiger partial charge in [-0.2, -0.15) is 0 Å². The van der Waals surface area contributed by atoms with E-state index in [1.165, 1.54) is 6.92 Å². The molecule has 2 aliphatic heterocycles. The van der Waals surface area contributed by atoms with Crippen LogP contribution in [0, 0.1) is 23.2 Å². The van der Waals surface area contributed by atoms with Crippen LogP contribution in [0.5, 0.6) is 0 Å². The standard InChI is InChI=1S/C31H57N3O8/c1-12-24(30(7,8)38)41-28(37)20(5)25(35)19(4)27(42-29-26(36)23(34(10)11)13-18(3)40-29)31(9)14-17(2)15-33-21(6)22(32)16-39-31/h17-21,23-24,26-27,29,32-33,36,38H,12-16H2,1-11H3/t17-,18?,19+,20-,21-,23?,24-,26?,27-,29?,31-/m1/s1. The molecule has 0 spiro atoms. The van der Waals surface area contributed by atoms with E-state index in [0.717, 1.165) is 0 Å². The number of hydrogen-bond acceptors (Lipinski definition) is 11. The maximum absolute atomic E-state index is 13.9. The summed E-state index contributed by atoms with van der Waals surface area (Å²) in [6.45, 7) is 16.6. The number of ether oxygens (including phenoxy) is 4. The van der Waals surface area contributed by atoms with Crippen molar-refractivity contribution < 1.29 is 38.7 Å². The summed E-state index contributed by atoms with van der Waals surface area (Å²) < 4.78 is 24.7. The van der Waals surface area contributed by atoms with Gasteiger partial charge in [-0.1, -0.05) is 20.8 Å². The zero-order chi connectivity index (χ0) is 32.2. The van der Waals surface area contributed by atoms with Crippen LogP contribution in [0.15, 0.2) is 0 Å². The van der Waals surface area contributed by atoms with E-state index in [0.29, 0.717) is 31.5 Å². The molecule has 0 bridgehead atoms. The molecule has 0 aromatic carbocycles. The normalized spacial score (nSPS) is 34.5. The Balaban J connectivity index is 2.46. The minimum atomic E-state index is -1.26. The lowest BCUT2D eigenvalue weighted by Gasteiger charge is -2.47. The summed E-state index contributed by atoms with van der Waals surface area (Å²) in [4.78, 5) is 29.0. The third-order valence-electron chi connectivity index (χ3n) is 8.87. The van der Waals surface area contributed by atoms with Crippen molar-refractivity contribution in [1.29, 1.82) is 5.41 Å². The summed E-state index contributed by atoms with van der Waals surface area (Å²) in [5.74, 6) is -3.02. The molecule has 244 valence electrons. The number of aliphatic hydroxyl groups is 2. The van der Waals surface area contributed by atoms with Gasteiger partial charge < -0.3 is 44.8 Å². The third kappa shape index (κ3) is 9.27. The first-order valence-corrected chi connectivity index (χ1v) is 15.4. The predicted molar refractivity (Wildman–Crippen MR) is 160 cm³/mol. The monoisotopic (exact) mass is 599 g/mol. The van der Waals surface area contributed by atoms with Crippen LogP contribution in [0.2, 0.25) is 0 Å². The molecule has 2 fully saturated rings. The van der Waals surface area contributed by atoms with Crippen LogP contribution < -0.4 is 5.32 Å². The number of esters is 1. The smallest absolute Gasteiger partial charge is 0.316 e. The maximum atomic E-state index is 13.9. The Kier molecular flexibility index (Phi) is 13.1. The van der Waals surface area contributed by atoms with E-state index in [-0.39, 0.29) is 30.7 Å². The van der Waals surface area contributed by atoms with Gasteiger partial charge >= 0.3 is 5.97 Å². The number of likely N-dealkylation sites (N-methyl/N-ethyl adjacent to an activating group) is 1. The predicted octanol–water partition coefficient (Wildman–Crippen LogP) is 2.54. The van der Waals surface area contributed by atoms with Crippen molar-refractivity contribution in [1.82, 2.24) is 10.2 Å². The van der Waals surface area contributed by atoms with Gasteiger partial charge in [0.1, 0.15) is 18.1 Å². The first kappa shape index (κ1) is 36.7. The Hall–Kier alpha value is -1.47. The Morgan fingerprint density at radius 1 is 1.24 bits per heavy atom.